The largest absolute Gasteiger partial charge is 0.338 e. The molecule has 3 N–H and O–H groups in total. The molecule has 0 spiro atoms. The van der Waals surface area contributed by atoms with Gasteiger partial charge in [-0.15, -0.1) is 0 Å². The normalized spacial score (nSPS) is 11.4. The molecule has 0 radical (unpaired) electrons. The van der Waals surface area contributed by atoms with E-state index >= 15 is 0 Å². The van der Waals surface area contributed by atoms with Crippen molar-refractivity contribution < 1.29 is 13.8 Å². The van der Waals surface area contributed by atoms with Crippen molar-refractivity contribution >= 4 is 34.1 Å². The van der Waals surface area contributed by atoms with Gasteiger partial charge in [0.15, 0.2) is 0 Å². The Morgan fingerprint density at radius 2 is 1.62 bits per heavy atom. The van der Waals surface area contributed by atoms with Crippen molar-refractivity contribution in [3.05, 3.63) is 54.1 Å². The molecule has 0 heterocycles. The van der Waals surface area contributed by atoms with Crippen LogP contribution in [0.2, 0.25) is 0 Å². The summed E-state index contributed by atoms with van der Waals surface area (Å²) in [4.78, 5) is 24.4. The quantitative estimate of drug-likeness (QED) is 0.779. The van der Waals surface area contributed by atoms with E-state index in [9.17, 15) is 13.8 Å². The van der Waals surface area contributed by atoms with Gasteiger partial charge in [-0.25, -0.2) is 4.79 Å². The first-order valence-electron chi connectivity index (χ1n) is 7.39. The predicted molar refractivity (Wildman–Crippen MR) is 95.9 cm³/mol. The number of benzene rings is 2. The third-order valence-electron chi connectivity index (χ3n) is 3.16. The van der Waals surface area contributed by atoms with Gasteiger partial charge in [0, 0.05) is 45.4 Å². The van der Waals surface area contributed by atoms with Crippen LogP contribution in [-0.2, 0) is 10.8 Å². The molecule has 0 fully saturated rings. The molecule has 2 aromatic carbocycles. The number of nitrogens with one attached hydrogen (secondary N) is 3. The Bertz CT molecular complexity index is 760. The summed E-state index contributed by atoms with van der Waals surface area (Å²) in [5.41, 5.74) is 1.61. The summed E-state index contributed by atoms with van der Waals surface area (Å²) in [6.45, 7) is 2.36. The minimum atomic E-state index is -1.08. The molecule has 2 aromatic rings. The summed E-state index contributed by atoms with van der Waals surface area (Å²) in [7, 11) is -1.08. The Labute approximate surface area is 143 Å². The molecule has 24 heavy (non-hydrogen) atoms. The first-order chi connectivity index (χ1) is 11.5. The van der Waals surface area contributed by atoms with E-state index in [0.717, 1.165) is 0 Å². The van der Waals surface area contributed by atoms with E-state index < -0.39 is 10.8 Å². The molecule has 0 saturated carbocycles. The summed E-state index contributed by atoms with van der Waals surface area (Å²) in [6.07, 6.45) is 1.59. The van der Waals surface area contributed by atoms with E-state index in [0.29, 0.717) is 28.4 Å². The zero-order valence-electron chi connectivity index (χ0n) is 13.5. The molecule has 1 atom stereocenters. The number of hydrogen-bond acceptors (Lipinski definition) is 3. The van der Waals surface area contributed by atoms with Crippen molar-refractivity contribution in [1.82, 2.24) is 5.32 Å². The lowest BCUT2D eigenvalue weighted by molar-refractivity contribution is 0.102. The first-order valence-corrected chi connectivity index (χ1v) is 8.95. The molecular formula is C17H19N3O3S. The number of rotatable bonds is 5. The van der Waals surface area contributed by atoms with E-state index in [1.165, 1.54) is 0 Å². The zero-order valence-corrected chi connectivity index (χ0v) is 14.3. The fourth-order valence-electron chi connectivity index (χ4n) is 2.01. The standard InChI is InChI=1S/C17H19N3O3S/c1-3-18-17(22)20-14-6-4-5-13(11-14)19-16(21)12-7-9-15(10-8-12)24(2)23/h4-11H,3H2,1-2H3,(H,19,21)(H2,18,20,22)/t24-/m0/s1. The van der Waals surface area contributed by atoms with Crippen LogP contribution >= 0.6 is 0 Å². The van der Waals surface area contributed by atoms with Gasteiger partial charge in [0.1, 0.15) is 0 Å². The van der Waals surface area contributed by atoms with Crippen LogP contribution < -0.4 is 16.0 Å². The van der Waals surface area contributed by atoms with Crippen LogP contribution in [0.1, 0.15) is 17.3 Å². The minimum Gasteiger partial charge on any atom is -0.338 e. The van der Waals surface area contributed by atoms with Crippen molar-refractivity contribution in [2.45, 2.75) is 11.8 Å². The van der Waals surface area contributed by atoms with Gasteiger partial charge in [-0.05, 0) is 49.4 Å². The maximum absolute atomic E-state index is 12.2. The lowest BCUT2D eigenvalue weighted by Crippen LogP contribution is -2.28. The fourth-order valence-corrected chi connectivity index (χ4v) is 2.53. The molecule has 7 heteroatoms. The van der Waals surface area contributed by atoms with Crippen LogP contribution in [0, 0.1) is 0 Å². The molecule has 126 valence electrons. The number of carbonyl (C=O) groups is 2. The number of amides is 3. The Morgan fingerprint density at radius 1 is 1.00 bits per heavy atom. The van der Waals surface area contributed by atoms with Gasteiger partial charge in [-0.1, -0.05) is 6.07 Å². The summed E-state index contributed by atoms with van der Waals surface area (Å²) in [6, 6.07) is 13.2. The molecule has 0 aromatic heterocycles. The maximum atomic E-state index is 12.2. The average molecular weight is 345 g/mol. The average Bonchev–Trinajstić information content (AvgIpc) is 2.55. The number of urea groups is 1. The van der Waals surface area contributed by atoms with E-state index in [1.807, 2.05) is 6.92 Å². The van der Waals surface area contributed by atoms with Gasteiger partial charge in [0.25, 0.3) is 5.91 Å². The Morgan fingerprint density at radius 3 is 2.21 bits per heavy atom. The van der Waals surface area contributed by atoms with E-state index in [-0.39, 0.29) is 11.9 Å². The van der Waals surface area contributed by atoms with Gasteiger partial charge in [0.05, 0.1) is 0 Å². The highest BCUT2D eigenvalue weighted by Crippen LogP contribution is 2.16. The molecular weight excluding hydrogens is 326 g/mol. The van der Waals surface area contributed by atoms with Crippen LogP contribution in [0.4, 0.5) is 16.2 Å². The number of hydrogen-bond donors (Lipinski definition) is 3. The summed E-state index contributed by atoms with van der Waals surface area (Å²) in [5, 5.41) is 8.08. The third kappa shape index (κ3) is 4.92. The molecule has 3 amide bonds. The molecule has 0 bridgehead atoms. The van der Waals surface area contributed by atoms with E-state index in [1.54, 1.807) is 54.8 Å². The van der Waals surface area contributed by atoms with Crippen molar-refractivity contribution in [1.29, 1.82) is 0 Å². The molecule has 0 unspecified atom stereocenters. The van der Waals surface area contributed by atoms with Crippen LogP contribution in [0.15, 0.2) is 53.4 Å². The lowest BCUT2D eigenvalue weighted by Gasteiger charge is -2.09. The van der Waals surface area contributed by atoms with Crippen molar-refractivity contribution in [2.24, 2.45) is 0 Å². The van der Waals surface area contributed by atoms with Crippen LogP contribution in [0.5, 0.6) is 0 Å². The molecule has 0 aliphatic heterocycles. The van der Waals surface area contributed by atoms with Crippen LogP contribution in [0.25, 0.3) is 0 Å². The molecule has 0 aliphatic rings. The maximum Gasteiger partial charge on any atom is 0.319 e. The third-order valence-corrected chi connectivity index (χ3v) is 4.10. The summed E-state index contributed by atoms with van der Waals surface area (Å²) in [5.74, 6) is -0.279. The molecule has 6 nitrogen and oxygen atoms in total. The highest BCUT2D eigenvalue weighted by molar-refractivity contribution is 7.84. The zero-order chi connectivity index (χ0) is 17.5. The van der Waals surface area contributed by atoms with Gasteiger partial charge in [0.2, 0.25) is 0 Å². The smallest absolute Gasteiger partial charge is 0.319 e. The van der Waals surface area contributed by atoms with E-state index in [2.05, 4.69) is 16.0 Å². The molecule has 0 aliphatic carbocycles. The summed E-state index contributed by atoms with van der Waals surface area (Å²) >= 11 is 0. The summed E-state index contributed by atoms with van der Waals surface area (Å²) < 4.78 is 11.4. The minimum absolute atomic E-state index is 0.279. The first kappa shape index (κ1) is 17.7. The fraction of sp³-hybridized carbons (Fsp3) is 0.176. The predicted octanol–water partition coefficient (Wildman–Crippen LogP) is 2.82. The van der Waals surface area contributed by atoms with Gasteiger partial charge < -0.3 is 16.0 Å². The Balaban J connectivity index is 2.06. The number of anilines is 2. The van der Waals surface area contributed by atoms with Crippen LogP contribution in [0.3, 0.4) is 0 Å². The SMILES string of the molecule is CCNC(=O)Nc1cccc(NC(=O)c2ccc([S@](C)=O)cc2)c1. The topological polar surface area (TPSA) is 87.3 Å². The highest BCUT2D eigenvalue weighted by atomic mass is 32.2. The highest BCUT2D eigenvalue weighted by Gasteiger charge is 2.08. The molecule has 0 saturated heterocycles. The second-order valence-electron chi connectivity index (χ2n) is 5.00. The van der Waals surface area contributed by atoms with Gasteiger partial charge in [-0.2, -0.15) is 0 Å². The number of carbonyl (C=O) groups excluding carboxylic acids is 2. The monoisotopic (exact) mass is 345 g/mol. The second-order valence-corrected chi connectivity index (χ2v) is 6.38. The van der Waals surface area contributed by atoms with Gasteiger partial charge >= 0.3 is 6.03 Å². The second kappa shape index (κ2) is 8.26. The molecule has 2 rings (SSSR count). The van der Waals surface area contributed by atoms with Crippen molar-refractivity contribution in [3.63, 3.8) is 0 Å². The lowest BCUT2D eigenvalue weighted by atomic mass is 10.2. The van der Waals surface area contributed by atoms with Gasteiger partial charge in [-0.3, -0.25) is 9.00 Å². The van der Waals surface area contributed by atoms with Crippen LogP contribution in [-0.4, -0.2) is 28.9 Å². The van der Waals surface area contributed by atoms with Crippen molar-refractivity contribution in [2.75, 3.05) is 23.4 Å². The van der Waals surface area contributed by atoms with Crippen molar-refractivity contribution in [3.8, 4) is 0 Å². The Kier molecular flexibility index (Phi) is 6.08. The van der Waals surface area contributed by atoms with E-state index in [4.69, 9.17) is 0 Å². The Hall–Kier alpha value is -2.67.